The highest BCUT2D eigenvalue weighted by Gasteiger charge is 2.27. The average molecular weight is 389 g/mol. The molecule has 1 aliphatic rings. The largest absolute Gasteiger partial charge is 0.494 e. The van der Waals surface area contributed by atoms with E-state index in [0.29, 0.717) is 50.7 Å². The second-order valence-electron chi connectivity index (χ2n) is 6.04. The normalized spacial score (nSPS) is 16.0. The monoisotopic (exact) mass is 388 g/mol. The first-order chi connectivity index (χ1) is 11.8. The summed E-state index contributed by atoms with van der Waals surface area (Å²) in [6, 6.07) is 5.48. The lowest BCUT2D eigenvalue weighted by molar-refractivity contribution is -0.132. The van der Waals surface area contributed by atoms with Crippen molar-refractivity contribution in [3.63, 3.8) is 0 Å². The quantitative estimate of drug-likeness (QED) is 0.672. The highest BCUT2D eigenvalue weighted by Crippen LogP contribution is 2.21. The van der Waals surface area contributed by atoms with Crippen molar-refractivity contribution >= 4 is 27.5 Å². The van der Waals surface area contributed by atoms with E-state index in [2.05, 4.69) is 0 Å². The summed E-state index contributed by atoms with van der Waals surface area (Å²) in [4.78, 5) is 13.9. The van der Waals surface area contributed by atoms with Crippen LogP contribution in [0.3, 0.4) is 0 Å². The maximum Gasteiger partial charge on any atom is 0.222 e. The minimum atomic E-state index is -3.16. The lowest BCUT2D eigenvalue weighted by atomic mass is 10.2. The van der Waals surface area contributed by atoms with Gasteiger partial charge in [-0.3, -0.25) is 4.79 Å². The smallest absolute Gasteiger partial charge is 0.222 e. The van der Waals surface area contributed by atoms with E-state index >= 15 is 0 Å². The zero-order chi connectivity index (χ0) is 18.4. The van der Waals surface area contributed by atoms with Gasteiger partial charge in [-0.15, -0.1) is 0 Å². The fraction of sp³-hybridized carbons (Fsp3) is 0.588. The predicted octanol–water partition coefficient (Wildman–Crippen LogP) is 2.30. The Bertz CT molecular complexity index is 701. The number of hydrogen-bond donors (Lipinski definition) is 0. The maximum absolute atomic E-state index is 12.2. The van der Waals surface area contributed by atoms with Crippen LogP contribution in [0.5, 0.6) is 5.75 Å². The first-order valence-corrected chi connectivity index (χ1v) is 10.5. The molecular formula is C17H25ClN2O4S. The van der Waals surface area contributed by atoms with Gasteiger partial charge in [-0.25, -0.2) is 8.42 Å². The van der Waals surface area contributed by atoms with E-state index in [1.54, 1.807) is 17.9 Å². The first-order valence-electron chi connectivity index (χ1n) is 8.48. The molecule has 0 aliphatic carbocycles. The third-order valence-corrected chi connectivity index (χ3v) is 6.59. The molecule has 1 aromatic rings. The molecule has 0 bridgehead atoms. The van der Waals surface area contributed by atoms with Gasteiger partial charge in [-0.2, -0.15) is 4.31 Å². The summed E-state index contributed by atoms with van der Waals surface area (Å²) >= 11 is 5.97. The molecular weight excluding hydrogens is 364 g/mol. The molecule has 0 atom stereocenters. The molecule has 0 radical (unpaired) electrons. The number of carbonyl (C=O) groups excluding carboxylic acids is 1. The lowest BCUT2D eigenvalue weighted by Crippen LogP contribution is -2.50. The molecule has 2 rings (SSSR count). The van der Waals surface area contributed by atoms with E-state index < -0.39 is 10.0 Å². The van der Waals surface area contributed by atoms with E-state index in [0.717, 1.165) is 11.3 Å². The third-order valence-electron chi connectivity index (χ3n) is 4.28. The third kappa shape index (κ3) is 5.59. The molecule has 25 heavy (non-hydrogen) atoms. The topological polar surface area (TPSA) is 66.9 Å². The maximum atomic E-state index is 12.2. The van der Waals surface area contributed by atoms with Crippen molar-refractivity contribution in [3.8, 4) is 5.75 Å². The van der Waals surface area contributed by atoms with Crippen LogP contribution < -0.4 is 4.74 Å². The van der Waals surface area contributed by atoms with Crippen LogP contribution in [0.1, 0.15) is 25.3 Å². The summed E-state index contributed by atoms with van der Waals surface area (Å²) in [5.74, 6) is 0.889. The van der Waals surface area contributed by atoms with E-state index in [1.165, 1.54) is 4.31 Å². The second-order valence-corrected chi connectivity index (χ2v) is 8.71. The van der Waals surface area contributed by atoms with Crippen LogP contribution in [0, 0.1) is 6.92 Å². The first kappa shape index (κ1) is 20.0. The summed E-state index contributed by atoms with van der Waals surface area (Å²) in [5, 5.41) is 0.701. The fourth-order valence-corrected chi connectivity index (χ4v) is 3.88. The standard InChI is InChI=1S/C17H25ClN2O4S/c1-3-25(22,23)20-10-8-19(9-11-20)17(21)5-4-12-24-15-6-7-16(18)14(2)13-15/h6-7,13H,3-5,8-12H2,1-2H3. The van der Waals surface area contributed by atoms with Gasteiger partial charge in [0.25, 0.3) is 0 Å². The summed E-state index contributed by atoms with van der Waals surface area (Å²) < 4.78 is 30.7. The number of piperazine rings is 1. The Labute approximate surface area is 154 Å². The van der Waals surface area contributed by atoms with Gasteiger partial charge in [0.15, 0.2) is 0 Å². The number of sulfonamides is 1. The van der Waals surface area contributed by atoms with Crippen molar-refractivity contribution in [2.45, 2.75) is 26.7 Å². The zero-order valence-corrected chi connectivity index (χ0v) is 16.3. The van der Waals surface area contributed by atoms with Crippen molar-refractivity contribution in [2.24, 2.45) is 0 Å². The molecule has 0 aromatic heterocycles. The predicted molar refractivity (Wildman–Crippen MR) is 98.5 cm³/mol. The molecule has 0 unspecified atom stereocenters. The Morgan fingerprint density at radius 3 is 2.52 bits per heavy atom. The number of halogens is 1. The molecule has 1 aliphatic heterocycles. The van der Waals surface area contributed by atoms with Crippen LogP contribution >= 0.6 is 11.6 Å². The molecule has 1 aromatic carbocycles. The molecule has 8 heteroatoms. The van der Waals surface area contributed by atoms with Gasteiger partial charge < -0.3 is 9.64 Å². The molecule has 0 saturated carbocycles. The van der Waals surface area contributed by atoms with Crippen LogP contribution in [-0.4, -0.2) is 62.1 Å². The summed E-state index contributed by atoms with van der Waals surface area (Å²) in [6.07, 6.45) is 1.01. The number of benzene rings is 1. The zero-order valence-electron chi connectivity index (χ0n) is 14.7. The number of rotatable bonds is 7. The van der Waals surface area contributed by atoms with Crippen molar-refractivity contribution < 1.29 is 17.9 Å². The second kappa shape index (κ2) is 8.87. The molecule has 0 N–H and O–H groups in total. The van der Waals surface area contributed by atoms with Crippen molar-refractivity contribution in [3.05, 3.63) is 28.8 Å². The van der Waals surface area contributed by atoms with E-state index in [4.69, 9.17) is 16.3 Å². The van der Waals surface area contributed by atoms with Crippen molar-refractivity contribution in [2.75, 3.05) is 38.5 Å². The number of amides is 1. The number of hydrogen-bond acceptors (Lipinski definition) is 4. The van der Waals surface area contributed by atoms with E-state index in [1.807, 2.05) is 19.1 Å². The molecule has 1 heterocycles. The molecule has 1 amide bonds. The highest BCUT2D eigenvalue weighted by atomic mass is 35.5. The molecule has 1 saturated heterocycles. The Hall–Kier alpha value is -1.31. The number of ether oxygens (including phenoxy) is 1. The minimum Gasteiger partial charge on any atom is -0.494 e. The summed E-state index contributed by atoms with van der Waals surface area (Å²) in [5.41, 5.74) is 0.954. The van der Waals surface area contributed by atoms with Crippen molar-refractivity contribution in [1.29, 1.82) is 0 Å². The van der Waals surface area contributed by atoms with Gasteiger partial charge in [0.05, 0.1) is 12.4 Å². The average Bonchev–Trinajstić information content (AvgIpc) is 2.61. The molecule has 0 spiro atoms. The fourth-order valence-electron chi connectivity index (χ4n) is 2.68. The van der Waals surface area contributed by atoms with Crippen LogP contribution in [0.25, 0.3) is 0 Å². The van der Waals surface area contributed by atoms with Crippen LogP contribution in [0.4, 0.5) is 0 Å². The number of carbonyl (C=O) groups is 1. The van der Waals surface area contributed by atoms with Gasteiger partial charge in [0, 0.05) is 37.6 Å². The van der Waals surface area contributed by atoms with Gasteiger partial charge in [-0.05, 0) is 44.0 Å². The summed E-state index contributed by atoms with van der Waals surface area (Å²) in [7, 11) is -3.16. The van der Waals surface area contributed by atoms with Crippen LogP contribution in [0.15, 0.2) is 18.2 Å². The summed E-state index contributed by atoms with van der Waals surface area (Å²) in [6.45, 7) is 5.67. The Morgan fingerprint density at radius 1 is 1.24 bits per heavy atom. The van der Waals surface area contributed by atoms with E-state index in [9.17, 15) is 13.2 Å². The minimum absolute atomic E-state index is 0.0458. The molecule has 1 fully saturated rings. The Kier molecular flexibility index (Phi) is 7.10. The SMILES string of the molecule is CCS(=O)(=O)N1CCN(C(=O)CCCOc2ccc(Cl)c(C)c2)CC1. The van der Waals surface area contributed by atoms with Crippen molar-refractivity contribution in [1.82, 2.24) is 9.21 Å². The Balaban J connectivity index is 1.70. The Morgan fingerprint density at radius 2 is 1.92 bits per heavy atom. The lowest BCUT2D eigenvalue weighted by Gasteiger charge is -2.33. The number of nitrogens with zero attached hydrogens (tertiary/aromatic N) is 2. The van der Waals surface area contributed by atoms with Gasteiger partial charge in [0.1, 0.15) is 5.75 Å². The van der Waals surface area contributed by atoms with Gasteiger partial charge >= 0.3 is 0 Å². The number of aryl methyl sites for hydroxylation is 1. The van der Waals surface area contributed by atoms with Crippen LogP contribution in [0.2, 0.25) is 5.02 Å². The van der Waals surface area contributed by atoms with Gasteiger partial charge in [0.2, 0.25) is 15.9 Å². The van der Waals surface area contributed by atoms with Gasteiger partial charge in [-0.1, -0.05) is 11.6 Å². The molecule has 6 nitrogen and oxygen atoms in total. The molecule has 140 valence electrons. The van der Waals surface area contributed by atoms with E-state index in [-0.39, 0.29) is 11.7 Å². The van der Waals surface area contributed by atoms with Crippen LogP contribution in [-0.2, 0) is 14.8 Å². The highest BCUT2D eigenvalue weighted by molar-refractivity contribution is 7.89.